The van der Waals surface area contributed by atoms with Crippen LogP contribution in [0, 0.1) is 5.92 Å². The molecule has 0 saturated carbocycles. The molecule has 0 unspecified atom stereocenters. The summed E-state index contributed by atoms with van der Waals surface area (Å²) in [6.45, 7) is 5.39. The first kappa shape index (κ1) is 18.8. The minimum absolute atomic E-state index is 0.00250. The molecule has 5 nitrogen and oxygen atoms in total. The van der Waals surface area contributed by atoms with Crippen molar-refractivity contribution in [3.63, 3.8) is 0 Å². The van der Waals surface area contributed by atoms with Gasteiger partial charge in [0, 0.05) is 13.1 Å². The highest BCUT2D eigenvalue weighted by atomic mass is 79.9. The summed E-state index contributed by atoms with van der Waals surface area (Å²) in [5.41, 5.74) is 1.21. The van der Waals surface area contributed by atoms with Crippen molar-refractivity contribution >= 4 is 27.8 Å². The Morgan fingerprint density at radius 3 is 2.50 bits per heavy atom. The predicted molar refractivity (Wildman–Crippen MR) is 95.0 cm³/mol. The highest BCUT2D eigenvalue weighted by Crippen LogP contribution is 2.29. The lowest BCUT2D eigenvalue weighted by Crippen LogP contribution is -2.42. The molecule has 132 valence electrons. The summed E-state index contributed by atoms with van der Waals surface area (Å²) in [6, 6.07) is 5.92. The topological polar surface area (TPSA) is 55.8 Å². The molecule has 6 heteroatoms. The van der Waals surface area contributed by atoms with Gasteiger partial charge in [-0.05, 0) is 52.4 Å². The Morgan fingerprint density at radius 2 is 1.96 bits per heavy atom. The Bertz CT molecular complexity index is 595. The summed E-state index contributed by atoms with van der Waals surface area (Å²) in [5.74, 6) is 0.758. The third-order valence-corrected chi connectivity index (χ3v) is 4.98. The number of hydrogen-bond donors (Lipinski definition) is 0. The molecule has 2 rings (SSSR count). The Hall–Kier alpha value is -1.56. The molecule has 0 aliphatic carbocycles. The standard InChI is InChI=1S/C18H24BrNO4/c1-12(2)14-4-5-16(15(19)10-14)24-11-17(21)20-8-6-13(7-9-20)18(22)23-3/h4-5,10,12-13H,6-9,11H2,1-3H3. The number of hydrogen-bond acceptors (Lipinski definition) is 4. The molecule has 1 fully saturated rings. The van der Waals surface area contributed by atoms with Gasteiger partial charge in [0.05, 0.1) is 17.5 Å². The van der Waals surface area contributed by atoms with Gasteiger partial charge in [-0.25, -0.2) is 0 Å². The molecule has 1 amide bonds. The van der Waals surface area contributed by atoms with Crippen LogP contribution in [-0.4, -0.2) is 43.6 Å². The van der Waals surface area contributed by atoms with E-state index in [-0.39, 0.29) is 24.4 Å². The number of piperidine rings is 1. The summed E-state index contributed by atoms with van der Waals surface area (Å²) in [5, 5.41) is 0. The largest absolute Gasteiger partial charge is 0.483 e. The second-order valence-corrected chi connectivity index (χ2v) is 7.17. The van der Waals surface area contributed by atoms with E-state index in [2.05, 4.69) is 29.8 Å². The Morgan fingerprint density at radius 1 is 1.29 bits per heavy atom. The summed E-state index contributed by atoms with van der Waals surface area (Å²) < 4.78 is 11.3. The molecule has 1 aliphatic heterocycles. The maximum absolute atomic E-state index is 12.3. The van der Waals surface area contributed by atoms with Crippen molar-refractivity contribution < 1.29 is 19.1 Å². The van der Waals surface area contributed by atoms with Crippen LogP contribution in [0.15, 0.2) is 22.7 Å². The molecule has 1 aromatic carbocycles. The molecule has 0 atom stereocenters. The second kappa shape index (κ2) is 8.51. The number of carbonyl (C=O) groups is 2. The van der Waals surface area contributed by atoms with Crippen molar-refractivity contribution in [3.05, 3.63) is 28.2 Å². The number of amides is 1. The van der Waals surface area contributed by atoms with Crippen LogP contribution < -0.4 is 4.74 Å². The zero-order valence-corrected chi connectivity index (χ0v) is 16.0. The molecule has 0 bridgehead atoms. The highest BCUT2D eigenvalue weighted by molar-refractivity contribution is 9.10. The average molecular weight is 398 g/mol. The van der Waals surface area contributed by atoms with E-state index >= 15 is 0 Å². The van der Waals surface area contributed by atoms with Crippen LogP contribution in [0.2, 0.25) is 0 Å². The minimum Gasteiger partial charge on any atom is -0.483 e. The molecule has 1 aliphatic rings. The third-order valence-electron chi connectivity index (χ3n) is 4.36. The first-order valence-corrected chi connectivity index (χ1v) is 8.99. The number of methoxy groups -OCH3 is 1. The molecule has 24 heavy (non-hydrogen) atoms. The highest BCUT2D eigenvalue weighted by Gasteiger charge is 2.28. The maximum atomic E-state index is 12.3. The van der Waals surface area contributed by atoms with Crippen LogP contribution in [0.25, 0.3) is 0 Å². The predicted octanol–water partition coefficient (Wildman–Crippen LogP) is 3.36. The first-order valence-electron chi connectivity index (χ1n) is 8.20. The van der Waals surface area contributed by atoms with E-state index in [0.29, 0.717) is 37.6 Å². The molecule has 0 radical (unpaired) electrons. The summed E-state index contributed by atoms with van der Waals surface area (Å²) in [4.78, 5) is 25.5. The van der Waals surface area contributed by atoms with Crippen LogP contribution >= 0.6 is 15.9 Å². The fourth-order valence-corrected chi connectivity index (χ4v) is 3.27. The monoisotopic (exact) mass is 397 g/mol. The molecule has 1 aromatic rings. The third kappa shape index (κ3) is 4.72. The van der Waals surface area contributed by atoms with E-state index in [1.165, 1.54) is 12.7 Å². The summed E-state index contributed by atoms with van der Waals surface area (Å²) >= 11 is 3.49. The SMILES string of the molecule is COC(=O)C1CCN(C(=O)COc2ccc(C(C)C)cc2Br)CC1. The fraction of sp³-hybridized carbons (Fsp3) is 0.556. The van der Waals surface area contributed by atoms with E-state index in [4.69, 9.17) is 9.47 Å². The van der Waals surface area contributed by atoms with Crippen LogP contribution in [0.1, 0.15) is 38.2 Å². The van der Waals surface area contributed by atoms with Gasteiger partial charge in [0.15, 0.2) is 6.61 Å². The van der Waals surface area contributed by atoms with Crippen molar-refractivity contribution in [2.24, 2.45) is 5.92 Å². The van der Waals surface area contributed by atoms with E-state index in [9.17, 15) is 9.59 Å². The lowest BCUT2D eigenvalue weighted by molar-refractivity contribution is -0.149. The number of rotatable bonds is 5. The smallest absolute Gasteiger partial charge is 0.308 e. The second-order valence-electron chi connectivity index (χ2n) is 6.31. The van der Waals surface area contributed by atoms with E-state index in [0.717, 1.165) is 4.47 Å². The molecule has 0 aromatic heterocycles. The van der Waals surface area contributed by atoms with E-state index in [1.807, 2.05) is 18.2 Å². The number of nitrogens with zero attached hydrogens (tertiary/aromatic N) is 1. The maximum Gasteiger partial charge on any atom is 0.308 e. The van der Waals surface area contributed by atoms with Gasteiger partial charge >= 0.3 is 5.97 Å². The zero-order valence-electron chi connectivity index (χ0n) is 14.4. The number of likely N-dealkylation sites (tertiary alicyclic amines) is 1. The van der Waals surface area contributed by atoms with Crippen LogP contribution in [-0.2, 0) is 14.3 Å². The number of benzene rings is 1. The van der Waals surface area contributed by atoms with Crippen molar-refractivity contribution in [1.29, 1.82) is 0 Å². The van der Waals surface area contributed by atoms with Gasteiger partial charge in [-0.15, -0.1) is 0 Å². The van der Waals surface area contributed by atoms with Gasteiger partial charge in [0.1, 0.15) is 5.75 Å². The number of ether oxygens (including phenoxy) is 2. The number of esters is 1. The Balaban J connectivity index is 1.85. The van der Waals surface area contributed by atoms with Crippen molar-refractivity contribution in [2.75, 3.05) is 26.8 Å². The molecule has 1 saturated heterocycles. The van der Waals surface area contributed by atoms with Gasteiger partial charge in [-0.1, -0.05) is 19.9 Å². The van der Waals surface area contributed by atoms with Gasteiger partial charge in [-0.2, -0.15) is 0 Å². The van der Waals surface area contributed by atoms with Crippen molar-refractivity contribution in [2.45, 2.75) is 32.6 Å². The lowest BCUT2D eigenvalue weighted by atomic mass is 9.97. The minimum atomic E-state index is -0.187. The fourth-order valence-electron chi connectivity index (χ4n) is 2.76. The Labute approximate surface area is 151 Å². The molecule has 0 spiro atoms. The Kier molecular flexibility index (Phi) is 6.66. The van der Waals surface area contributed by atoms with Gasteiger partial charge < -0.3 is 14.4 Å². The van der Waals surface area contributed by atoms with E-state index < -0.39 is 0 Å². The van der Waals surface area contributed by atoms with Gasteiger partial charge in [-0.3, -0.25) is 9.59 Å². The average Bonchev–Trinajstić information content (AvgIpc) is 2.59. The van der Waals surface area contributed by atoms with Crippen LogP contribution in [0.4, 0.5) is 0 Å². The van der Waals surface area contributed by atoms with E-state index in [1.54, 1.807) is 4.90 Å². The zero-order chi connectivity index (χ0) is 17.7. The molecular formula is C18H24BrNO4. The quantitative estimate of drug-likeness (QED) is 0.714. The molecular weight excluding hydrogens is 374 g/mol. The number of carbonyl (C=O) groups excluding carboxylic acids is 2. The van der Waals surface area contributed by atoms with Gasteiger partial charge in [0.25, 0.3) is 5.91 Å². The first-order chi connectivity index (χ1) is 11.4. The van der Waals surface area contributed by atoms with Crippen molar-refractivity contribution in [1.82, 2.24) is 4.90 Å². The normalized spacial score (nSPS) is 15.5. The lowest BCUT2D eigenvalue weighted by Gasteiger charge is -2.30. The summed E-state index contributed by atoms with van der Waals surface area (Å²) in [6.07, 6.45) is 1.29. The molecule has 1 heterocycles. The van der Waals surface area contributed by atoms with Crippen LogP contribution in [0.3, 0.4) is 0 Å². The summed E-state index contributed by atoms with van der Waals surface area (Å²) in [7, 11) is 1.40. The molecule has 0 N–H and O–H groups in total. The number of halogens is 1. The van der Waals surface area contributed by atoms with Crippen LogP contribution in [0.5, 0.6) is 5.75 Å². The van der Waals surface area contributed by atoms with Crippen molar-refractivity contribution in [3.8, 4) is 5.75 Å². The van der Waals surface area contributed by atoms with Gasteiger partial charge in [0.2, 0.25) is 0 Å².